The van der Waals surface area contributed by atoms with Crippen molar-refractivity contribution in [1.29, 1.82) is 0 Å². The number of esters is 1. The smallest absolute Gasteiger partial charge is 0.347 e. The number of carbonyl (C=O) groups excluding carboxylic acids is 1. The fourth-order valence-corrected chi connectivity index (χ4v) is 3.34. The Morgan fingerprint density at radius 2 is 1.85 bits per heavy atom. The van der Waals surface area contributed by atoms with E-state index in [0.717, 1.165) is 22.9 Å². The second-order valence-electron chi connectivity index (χ2n) is 6.11. The monoisotopic (exact) mass is 425 g/mol. The minimum absolute atomic E-state index is 0.300. The Labute approximate surface area is 172 Å². The number of nitrogens with one attached hydrogen (secondary N) is 1. The SMILES string of the molecule is CC(Oc1ccc(Cl)cc1Cl)C(=O)OCCCc1c[nH]c2ccc(Cl)cc12. The zero-order chi connectivity index (χ0) is 19.4. The van der Waals surface area contributed by atoms with Gasteiger partial charge in [-0.3, -0.25) is 0 Å². The maximum absolute atomic E-state index is 12.1. The lowest BCUT2D eigenvalue weighted by atomic mass is 10.1. The molecule has 0 saturated heterocycles. The van der Waals surface area contributed by atoms with Crippen LogP contribution in [0.25, 0.3) is 10.9 Å². The summed E-state index contributed by atoms with van der Waals surface area (Å²) in [6, 6.07) is 10.6. The number of hydrogen-bond donors (Lipinski definition) is 1. The van der Waals surface area contributed by atoms with Crippen LogP contribution in [0, 0.1) is 0 Å². The molecule has 0 spiro atoms. The number of hydrogen-bond acceptors (Lipinski definition) is 3. The third-order valence-corrected chi connectivity index (χ3v) is 4.86. The summed E-state index contributed by atoms with van der Waals surface area (Å²) >= 11 is 18.0. The zero-order valence-corrected chi connectivity index (χ0v) is 16.9. The summed E-state index contributed by atoms with van der Waals surface area (Å²) in [5.74, 6) is -0.0517. The summed E-state index contributed by atoms with van der Waals surface area (Å²) in [5.41, 5.74) is 2.18. The van der Waals surface area contributed by atoms with Gasteiger partial charge in [0.05, 0.1) is 11.6 Å². The van der Waals surface area contributed by atoms with Crippen LogP contribution < -0.4 is 4.74 Å². The van der Waals surface area contributed by atoms with E-state index in [-0.39, 0.29) is 0 Å². The summed E-state index contributed by atoms with van der Waals surface area (Å²) < 4.78 is 10.9. The van der Waals surface area contributed by atoms with E-state index in [4.69, 9.17) is 44.3 Å². The number of aromatic amines is 1. The largest absolute Gasteiger partial charge is 0.477 e. The van der Waals surface area contributed by atoms with Crippen molar-refractivity contribution in [2.45, 2.75) is 25.9 Å². The highest BCUT2D eigenvalue weighted by Crippen LogP contribution is 2.28. The van der Waals surface area contributed by atoms with E-state index in [9.17, 15) is 4.79 Å². The van der Waals surface area contributed by atoms with Crippen LogP contribution >= 0.6 is 34.8 Å². The third kappa shape index (κ3) is 5.10. The molecule has 0 amide bonds. The molecule has 3 aromatic rings. The van der Waals surface area contributed by atoms with Crippen LogP contribution in [0.1, 0.15) is 18.9 Å². The summed E-state index contributed by atoms with van der Waals surface area (Å²) in [6.07, 6.45) is 2.65. The first-order valence-corrected chi connectivity index (χ1v) is 9.61. The standard InChI is InChI=1S/C20H18Cl3NO3/c1-12(27-19-7-5-15(22)10-17(19)23)20(25)26-8-2-3-13-11-24-18-6-4-14(21)9-16(13)18/h4-7,9-12,24H,2-3,8H2,1H3. The molecule has 1 heterocycles. The number of halogens is 3. The van der Waals surface area contributed by atoms with Gasteiger partial charge in [-0.15, -0.1) is 0 Å². The molecule has 0 aliphatic heterocycles. The van der Waals surface area contributed by atoms with Crippen molar-refractivity contribution in [3.8, 4) is 5.75 Å². The maximum atomic E-state index is 12.1. The highest BCUT2D eigenvalue weighted by Gasteiger charge is 2.18. The predicted octanol–water partition coefficient (Wildman–Crippen LogP) is 6.07. The average Bonchev–Trinajstić information content (AvgIpc) is 3.03. The van der Waals surface area contributed by atoms with E-state index < -0.39 is 12.1 Å². The van der Waals surface area contributed by atoms with E-state index in [1.807, 2.05) is 24.4 Å². The first-order chi connectivity index (χ1) is 12.9. The van der Waals surface area contributed by atoms with Gasteiger partial charge >= 0.3 is 5.97 Å². The Morgan fingerprint density at radius 3 is 2.63 bits per heavy atom. The molecule has 0 fully saturated rings. The molecule has 1 unspecified atom stereocenters. The van der Waals surface area contributed by atoms with E-state index in [1.165, 1.54) is 0 Å². The highest BCUT2D eigenvalue weighted by atomic mass is 35.5. The van der Waals surface area contributed by atoms with Crippen LogP contribution in [-0.4, -0.2) is 23.7 Å². The quantitative estimate of drug-likeness (QED) is 0.368. The minimum Gasteiger partial charge on any atom is -0.477 e. The summed E-state index contributed by atoms with van der Waals surface area (Å²) in [5, 5.41) is 2.63. The van der Waals surface area contributed by atoms with Crippen LogP contribution in [0.4, 0.5) is 0 Å². The second-order valence-corrected chi connectivity index (χ2v) is 7.39. The molecule has 7 heteroatoms. The van der Waals surface area contributed by atoms with E-state index in [1.54, 1.807) is 25.1 Å². The molecule has 0 radical (unpaired) electrons. The van der Waals surface area contributed by atoms with E-state index >= 15 is 0 Å². The molecule has 0 saturated carbocycles. The first-order valence-electron chi connectivity index (χ1n) is 8.48. The van der Waals surface area contributed by atoms with Gasteiger partial charge in [-0.25, -0.2) is 4.79 Å². The summed E-state index contributed by atoms with van der Waals surface area (Å²) in [4.78, 5) is 15.3. The van der Waals surface area contributed by atoms with E-state index in [0.29, 0.717) is 33.8 Å². The molecule has 142 valence electrons. The molecule has 0 bridgehead atoms. The molecular formula is C20H18Cl3NO3. The predicted molar refractivity (Wildman–Crippen MR) is 109 cm³/mol. The molecule has 0 aliphatic carbocycles. The van der Waals surface area contributed by atoms with Crippen molar-refractivity contribution >= 4 is 51.7 Å². The van der Waals surface area contributed by atoms with Crippen molar-refractivity contribution < 1.29 is 14.3 Å². The van der Waals surface area contributed by atoms with Crippen molar-refractivity contribution in [2.75, 3.05) is 6.61 Å². The number of rotatable bonds is 7. The first kappa shape index (κ1) is 19.9. The second kappa shape index (κ2) is 8.87. The Kier molecular flexibility index (Phi) is 6.53. The van der Waals surface area contributed by atoms with Gasteiger partial charge in [0, 0.05) is 27.1 Å². The van der Waals surface area contributed by atoms with Crippen LogP contribution in [0.5, 0.6) is 5.75 Å². The fourth-order valence-electron chi connectivity index (χ4n) is 2.72. The van der Waals surface area contributed by atoms with Gasteiger partial charge < -0.3 is 14.5 Å². The van der Waals surface area contributed by atoms with Crippen LogP contribution in [-0.2, 0) is 16.0 Å². The molecule has 0 aliphatic rings. The van der Waals surface area contributed by atoms with Gasteiger partial charge in [-0.05, 0) is 61.7 Å². The van der Waals surface area contributed by atoms with Gasteiger partial charge in [0.15, 0.2) is 6.10 Å². The minimum atomic E-state index is -0.768. The van der Waals surface area contributed by atoms with Gasteiger partial charge in [-0.1, -0.05) is 34.8 Å². The Morgan fingerprint density at radius 1 is 1.11 bits per heavy atom. The lowest BCUT2D eigenvalue weighted by Crippen LogP contribution is -2.26. The summed E-state index contributed by atoms with van der Waals surface area (Å²) in [7, 11) is 0. The van der Waals surface area contributed by atoms with Gasteiger partial charge in [0.1, 0.15) is 5.75 Å². The number of aryl methyl sites for hydroxylation is 1. The molecule has 1 atom stereocenters. The Hall–Kier alpha value is -1.88. The summed E-state index contributed by atoms with van der Waals surface area (Å²) in [6.45, 7) is 1.92. The maximum Gasteiger partial charge on any atom is 0.347 e. The molecular weight excluding hydrogens is 409 g/mol. The van der Waals surface area contributed by atoms with Gasteiger partial charge in [-0.2, -0.15) is 0 Å². The number of H-pyrrole nitrogens is 1. The van der Waals surface area contributed by atoms with E-state index in [2.05, 4.69) is 4.98 Å². The van der Waals surface area contributed by atoms with Crippen LogP contribution in [0.3, 0.4) is 0 Å². The lowest BCUT2D eigenvalue weighted by Gasteiger charge is -2.15. The van der Waals surface area contributed by atoms with Crippen LogP contribution in [0.15, 0.2) is 42.6 Å². The van der Waals surface area contributed by atoms with Gasteiger partial charge in [0.25, 0.3) is 0 Å². The lowest BCUT2D eigenvalue weighted by molar-refractivity contribution is -0.151. The number of fused-ring (bicyclic) bond motifs is 1. The van der Waals surface area contributed by atoms with Crippen LogP contribution in [0.2, 0.25) is 15.1 Å². The molecule has 1 aromatic heterocycles. The molecule has 4 nitrogen and oxygen atoms in total. The number of benzene rings is 2. The molecule has 27 heavy (non-hydrogen) atoms. The highest BCUT2D eigenvalue weighted by molar-refractivity contribution is 6.35. The van der Waals surface area contributed by atoms with Gasteiger partial charge in [0.2, 0.25) is 0 Å². The number of ether oxygens (including phenoxy) is 2. The van der Waals surface area contributed by atoms with Crippen molar-refractivity contribution in [3.05, 3.63) is 63.2 Å². The van der Waals surface area contributed by atoms with Crippen molar-refractivity contribution in [2.24, 2.45) is 0 Å². The zero-order valence-electron chi connectivity index (χ0n) is 14.6. The molecule has 3 rings (SSSR count). The third-order valence-electron chi connectivity index (χ3n) is 4.09. The number of aromatic nitrogens is 1. The average molecular weight is 427 g/mol. The normalized spacial score (nSPS) is 12.1. The molecule has 2 aromatic carbocycles. The Bertz CT molecular complexity index is 955. The number of carbonyl (C=O) groups is 1. The Balaban J connectivity index is 1.48. The fraction of sp³-hybridized carbons (Fsp3) is 0.250. The van der Waals surface area contributed by atoms with Crippen molar-refractivity contribution in [3.63, 3.8) is 0 Å². The van der Waals surface area contributed by atoms with Crippen molar-refractivity contribution in [1.82, 2.24) is 4.98 Å². The topological polar surface area (TPSA) is 51.3 Å². The molecule has 1 N–H and O–H groups in total.